The number of urea groups is 1. The minimum Gasteiger partial charge on any atom is -0.497 e. The SMILES string of the molecule is COc1ccc(OCCNC(=O)N2CCN(Cc3ccco3)CC2)cc1. The summed E-state index contributed by atoms with van der Waals surface area (Å²) in [5.74, 6) is 2.50. The van der Waals surface area contributed by atoms with Gasteiger partial charge in [-0.2, -0.15) is 0 Å². The van der Waals surface area contributed by atoms with Crippen LogP contribution in [0.3, 0.4) is 0 Å². The number of carbonyl (C=O) groups excluding carboxylic acids is 1. The molecule has 1 aliphatic heterocycles. The highest BCUT2D eigenvalue weighted by Gasteiger charge is 2.21. The summed E-state index contributed by atoms with van der Waals surface area (Å²) < 4.78 is 16.1. The van der Waals surface area contributed by atoms with Gasteiger partial charge in [0.25, 0.3) is 0 Å². The second kappa shape index (κ2) is 9.15. The van der Waals surface area contributed by atoms with Gasteiger partial charge < -0.3 is 24.1 Å². The van der Waals surface area contributed by atoms with E-state index in [1.807, 2.05) is 41.3 Å². The van der Waals surface area contributed by atoms with Gasteiger partial charge in [0.15, 0.2) is 0 Å². The number of carbonyl (C=O) groups is 1. The normalized spacial score (nSPS) is 14.9. The molecule has 2 amide bonds. The monoisotopic (exact) mass is 359 g/mol. The fourth-order valence-corrected chi connectivity index (χ4v) is 2.84. The molecule has 2 heterocycles. The summed E-state index contributed by atoms with van der Waals surface area (Å²) in [6.45, 7) is 4.80. The van der Waals surface area contributed by atoms with Gasteiger partial charge in [-0.3, -0.25) is 4.90 Å². The van der Waals surface area contributed by atoms with Crippen molar-refractivity contribution in [3.63, 3.8) is 0 Å². The summed E-state index contributed by atoms with van der Waals surface area (Å²) in [6.07, 6.45) is 1.69. The van der Waals surface area contributed by atoms with E-state index < -0.39 is 0 Å². The van der Waals surface area contributed by atoms with Gasteiger partial charge in [-0.25, -0.2) is 4.79 Å². The molecule has 0 saturated carbocycles. The van der Waals surface area contributed by atoms with Gasteiger partial charge in [-0.05, 0) is 36.4 Å². The van der Waals surface area contributed by atoms with Crippen LogP contribution in [0.25, 0.3) is 0 Å². The van der Waals surface area contributed by atoms with E-state index in [4.69, 9.17) is 13.9 Å². The lowest BCUT2D eigenvalue weighted by Crippen LogP contribution is -2.51. The van der Waals surface area contributed by atoms with Crippen LogP contribution in [-0.2, 0) is 6.54 Å². The third kappa shape index (κ3) is 5.16. The largest absolute Gasteiger partial charge is 0.497 e. The molecular formula is C19H25N3O4. The summed E-state index contributed by atoms with van der Waals surface area (Å²) in [5, 5.41) is 2.91. The number of methoxy groups -OCH3 is 1. The minimum atomic E-state index is -0.0408. The van der Waals surface area contributed by atoms with E-state index in [1.165, 1.54) is 0 Å². The fourth-order valence-electron chi connectivity index (χ4n) is 2.84. The predicted molar refractivity (Wildman–Crippen MR) is 97.4 cm³/mol. The van der Waals surface area contributed by atoms with Crippen molar-refractivity contribution in [1.29, 1.82) is 0 Å². The van der Waals surface area contributed by atoms with Crippen LogP contribution in [0.5, 0.6) is 11.5 Å². The molecule has 7 nitrogen and oxygen atoms in total. The first kappa shape index (κ1) is 18.1. The van der Waals surface area contributed by atoms with E-state index >= 15 is 0 Å². The van der Waals surface area contributed by atoms with E-state index in [0.717, 1.165) is 36.9 Å². The highest BCUT2D eigenvalue weighted by molar-refractivity contribution is 5.74. The second-order valence-electron chi connectivity index (χ2n) is 6.10. The summed E-state index contributed by atoms with van der Waals surface area (Å²) in [4.78, 5) is 16.3. The maximum absolute atomic E-state index is 12.2. The third-order valence-corrected chi connectivity index (χ3v) is 4.33. The molecule has 26 heavy (non-hydrogen) atoms. The fraction of sp³-hybridized carbons (Fsp3) is 0.421. The molecule has 0 unspecified atom stereocenters. The molecule has 1 aromatic heterocycles. The number of amides is 2. The molecule has 3 rings (SSSR count). The molecule has 0 aliphatic carbocycles. The molecule has 2 aromatic rings. The molecule has 140 valence electrons. The number of rotatable bonds is 7. The first-order valence-corrected chi connectivity index (χ1v) is 8.79. The van der Waals surface area contributed by atoms with E-state index in [1.54, 1.807) is 13.4 Å². The van der Waals surface area contributed by atoms with E-state index in [2.05, 4.69) is 10.2 Å². The Bertz CT molecular complexity index is 665. The average molecular weight is 359 g/mol. The maximum Gasteiger partial charge on any atom is 0.317 e. The number of nitrogens with one attached hydrogen (secondary N) is 1. The summed E-state index contributed by atoms with van der Waals surface area (Å²) in [6, 6.07) is 11.2. The van der Waals surface area contributed by atoms with Crippen molar-refractivity contribution in [2.75, 3.05) is 46.4 Å². The van der Waals surface area contributed by atoms with Crippen LogP contribution in [0.1, 0.15) is 5.76 Å². The lowest BCUT2D eigenvalue weighted by atomic mass is 10.3. The van der Waals surface area contributed by atoms with Gasteiger partial charge in [-0.15, -0.1) is 0 Å². The molecule has 1 N–H and O–H groups in total. The molecule has 7 heteroatoms. The number of piperazine rings is 1. The van der Waals surface area contributed by atoms with Crippen LogP contribution in [0.2, 0.25) is 0 Å². The number of hydrogen-bond acceptors (Lipinski definition) is 5. The molecule has 1 saturated heterocycles. The first-order chi connectivity index (χ1) is 12.7. The Hall–Kier alpha value is -2.67. The summed E-state index contributed by atoms with van der Waals surface area (Å²) >= 11 is 0. The molecule has 1 fully saturated rings. The lowest BCUT2D eigenvalue weighted by Gasteiger charge is -2.34. The predicted octanol–water partition coefficient (Wildman–Crippen LogP) is 2.19. The zero-order valence-corrected chi connectivity index (χ0v) is 15.0. The van der Waals surface area contributed by atoms with Crippen molar-refractivity contribution in [1.82, 2.24) is 15.1 Å². The van der Waals surface area contributed by atoms with Crippen LogP contribution in [0, 0.1) is 0 Å². The Morgan fingerprint density at radius 3 is 2.50 bits per heavy atom. The van der Waals surface area contributed by atoms with Crippen molar-refractivity contribution in [3.05, 3.63) is 48.4 Å². The molecule has 0 spiro atoms. The van der Waals surface area contributed by atoms with Crippen LogP contribution >= 0.6 is 0 Å². The Labute approximate surface area is 153 Å². The molecule has 0 radical (unpaired) electrons. The van der Waals surface area contributed by atoms with Gasteiger partial charge in [0.2, 0.25) is 0 Å². The molecule has 0 bridgehead atoms. The number of furan rings is 1. The zero-order valence-electron chi connectivity index (χ0n) is 15.0. The number of nitrogens with zero attached hydrogens (tertiary/aromatic N) is 2. The standard InChI is InChI=1S/C19H25N3O4/c1-24-16-4-6-17(7-5-16)26-14-8-20-19(23)22-11-9-21(10-12-22)15-18-3-2-13-25-18/h2-7,13H,8-12,14-15H2,1H3,(H,20,23). The molecule has 1 aromatic carbocycles. The number of benzene rings is 1. The quantitative estimate of drug-likeness (QED) is 0.768. The number of hydrogen-bond donors (Lipinski definition) is 1. The Morgan fingerprint density at radius 1 is 1.12 bits per heavy atom. The van der Waals surface area contributed by atoms with Crippen molar-refractivity contribution in [3.8, 4) is 11.5 Å². The maximum atomic E-state index is 12.2. The summed E-state index contributed by atoms with van der Waals surface area (Å²) in [5.41, 5.74) is 0. The van der Waals surface area contributed by atoms with E-state index in [0.29, 0.717) is 26.2 Å². The van der Waals surface area contributed by atoms with Crippen LogP contribution in [-0.4, -0.2) is 62.3 Å². The average Bonchev–Trinajstić information content (AvgIpc) is 3.19. The van der Waals surface area contributed by atoms with Crippen molar-refractivity contribution >= 4 is 6.03 Å². The number of ether oxygens (including phenoxy) is 2. The van der Waals surface area contributed by atoms with E-state index in [-0.39, 0.29) is 6.03 Å². The van der Waals surface area contributed by atoms with Gasteiger partial charge in [0.05, 0.1) is 26.5 Å². The van der Waals surface area contributed by atoms with Crippen LogP contribution in [0.15, 0.2) is 47.1 Å². The van der Waals surface area contributed by atoms with Crippen LogP contribution in [0.4, 0.5) is 4.79 Å². The van der Waals surface area contributed by atoms with Gasteiger partial charge in [-0.1, -0.05) is 0 Å². The zero-order chi connectivity index (χ0) is 18.2. The highest BCUT2D eigenvalue weighted by atomic mass is 16.5. The molecule has 0 atom stereocenters. The van der Waals surface area contributed by atoms with Gasteiger partial charge in [0.1, 0.15) is 23.9 Å². The second-order valence-corrected chi connectivity index (χ2v) is 6.10. The molecular weight excluding hydrogens is 334 g/mol. The van der Waals surface area contributed by atoms with Crippen molar-refractivity contribution in [2.24, 2.45) is 0 Å². The third-order valence-electron chi connectivity index (χ3n) is 4.33. The Balaban J connectivity index is 1.31. The molecule has 1 aliphatic rings. The van der Waals surface area contributed by atoms with Crippen molar-refractivity contribution in [2.45, 2.75) is 6.54 Å². The Kier molecular flexibility index (Phi) is 6.38. The smallest absolute Gasteiger partial charge is 0.317 e. The topological polar surface area (TPSA) is 67.2 Å². The van der Waals surface area contributed by atoms with Gasteiger partial charge in [0, 0.05) is 26.2 Å². The van der Waals surface area contributed by atoms with Crippen LogP contribution < -0.4 is 14.8 Å². The highest BCUT2D eigenvalue weighted by Crippen LogP contribution is 2.16. The lowest BCUT2D eigenvalue weighted by molar-refractivity contribution is 0.129. The Morgan fingerprint density at radius 2 is 1.85 bits per heavy atom. The first-order valence-electron chi connectivity index (χ1n) is 8.79. The van der Waals surface area contributed by atoms with Gasteiger partial charge >= 0.3 is 6.03 Å². The minimum absolute atomic E-state index is 0.0408. The summed E-state index contributed by atoms with van der Waals surface area (Å²) in [7, 11) is 1.63. The van der Waals surface area contributed by atoms with Crippen molar-refractivity contribution < 1.29 is 18.7 Å². The van der Waals surface area contributed by atoms with E-state index in [9.17, 15) is 4.79 Å².